The van der Waals surface area contributed by atoms with Gasteiger partial charge in [-0.1, -0.05) is 12.8 Å². The molecule has 1 aliphatic carbocycles. The molecule has 0 amide bonds. The number of hydrogen-bond acceptors (Lipinski definition) is 5. The highest BCUT2D eigenvalue weighted by Gasteiger charge is 2.19. The van der Waals surface area contributed by atoms with Crippen LogP contribution in [0.4, 0.5) is 20.4 Å². The van der Waals surface area contributed by atoms with Gasteiger partial charge in [0.1, 0.15) is 11.6 Å². The number of aromatic nitrogens is 4. The van der Waals surface area contributed by atoms with E-state index < -0.39 is 6.61 Å². The van der Waals surface area contributed by atoms with Crippen LogP contribution in [0.5, 0.6) is 5.88 Å². The highest BCUT2D eigenvalue weighted by molar-refractivity contribution is 5.51. The van der Waals surface area contributed by atoms with Crippen LogP contribution in [0.2, 0.25) is 0 Å². The summed E-state index contributed by atoms with van der Waals surface area (Å²) in [7, 11) is 0. The molecule has 0 unspecified atom stereocenters. The zero-order valence-corrected chi connectivity index (χ0v) is 11.2. The van der Waals surface area contributed by atoms with Crippen molar-refractivity contribution in [3.05, 3.63) is 24.2 Å². The van der Waals surface area contributed by atoms with E-state index in [0.29, 0.717) is 17.6 Å². The van der Waals surface area contributed by atoms with Crippen molar-refractivity contribution in [2.75, 3.05) is 5.32 Å². The number of nitrogens with zero attached hydrogens (tertiary/aromatic N) is 3. The van der Waals surface area contributed by atoms with E-state index in [9.17, 15) is 8.78 Å². The summed E-state index contributed by atoms with van der Waals surface area (Å²) >= 11 is 0. The SMILES string of the molecule is FC(F)Oc1cc(Nc2cncc(C3CCCC3)n2)[nH]n1. The molecule has 2 aromatic rings. The number of halogens is 2. The Hall–Kier alpha value is -2.25. The lowest BCUT2D eigenvalue weighted by molar-refractivity contribution is -0.0528. The quantitative estimate of drug-likeness (QED) is 0.886. The third-order valence-corrected chi connectivity index (χ3v) is 3.45. The summed E-state index contributed by atoms with van der Waals surface area (Å²) in [5.41, 5.74) is 0.959. The topological polar surface area (TPSA) is 75.7 Å². The second-order valence-corrected chi connectivity index (χ2v) is 4.93. The van der Waals surface area contributed by atoms with Gasteiger partial charge in [0.15, 0.2) is 0 Å². The Labute approximate surface area is 120 Å². The smallest absolute Gasteiger partial charge is 0.388 e. The molecule has 21 heavy (non-hydrogen) atoms. The molecule has 6 nitrogen and oxygen atoms in total. The summed E-state index contributed by atoms with van der Waals surface area (Å²) in [6, 6.07) is 1.34. The van der Waals surface area contributed by atoms with Crippen molar-refractivity contribution in [2.24, 2.45) is 0 Å². The summed E-state index contributed by atoms with van der Waals surface area (Å²) in [4.78, 5) is 8.68. The molecule has 0 aromatic carbocycles. The molecule has 0 atom stereocenters. The van der Waals surface area contributed by atoms with Crippen molar-refractivity contribution in [1.29, 1.82) is 0 Å². The van der Waals surface area contributed by atoms with E-state index in [1.807, 2.05) is 0 Å². The number of nitrogens with one attached hydrogen (secondary N) is 2. The molecule has 8 heteroatoms. The maximum absolute atomic E-state index is 12.1. The minimum absolute atomic E-state index is 0.174. The Bertz CT molecular complexity index is 598. The molecule has 0 aliphatic heterocycles. The first-order valence-electron chi connectivity index (χ1n) is 6.80. The average molecular weight is 295 g/mol. The lowest BCUT2D eigenvalue weighted by Gasteiger charge is -2.09. The maximum Gasteiger partial charge on any atom is 0.388 e. The van der Waals surface area contributed by atoms with Gasteiger partial charge in [-0.15, -0.1) is 5.10 Å². The number of anilines is 2. The van der Waals surface area contributed by atoms with Gasteiger partial charge in [-0.3, -0.25) is 10.1 Å². The van der Waals surface area contributed by atoms with E-state index in [4.69, 9.17) is 0 Å². The van der Waals surface area contributed by atoms with Gasteiger partial charge in [-0.05, 0) is 12.8 Å². The fourth-order valence-electron chi connectivity index (χ4n) is 2.52. The molecule has 0 radical (unpaired) electrons. The first kappa shape index (κ1) is 13.7. The molecule has 2 aromatic heterocycles. The van der Waals surface area contributed by atoms with Crippen molar-refractivity contribution < 1.29 is 13.5 Å². The largest absolute Gasteiger partial charge is 0.415 e. The lowest BCUT2D eigenvalue weighted by Crippen LogP contribution is -2.02. The van der Waals surface area contributed by atoms with Crippen LogP contribution in [0.25, 0.3) is 0 Å². The van der Waals surface area contributed by atoms with E-state index in [-0.39, 0.29) is 5.88 Å². The summed E-state index contributed by atoms with van der Waals surface area (Å²) in [6.45, 7) is -2.90. The van der Waals surface area contributed by atoms with Crippen LogP contribution < -0.4 is 10.1 Å². The minimum Gasteiger partial charge on any atom is -0.415 e. The second kappa shape index (κ2) is 6.02. The van der Waals surface area contributed by atoms with E-state index in [2.05, 4.69) is 30.2 Å². The molecule has 2 heterocycles. The molecule has 112 valence electrons. The Morgan fingerprint density at radius 1 is 1.29 bits per heavy atom. The molecule has 1 fully saturated rings. The van der Waals surface area contributed by atoms with Gasteiger partial charge < -0.3 is 10.1 Å². The van der Waals surface area contributed by atoms with Gasteiger partial charge in [-0.2, -0.15) is 8.78 Å². The van der Waals surface area contributed by atoms with Gasteiger partial charge in [0.05, 0.1) is 11.9 Å². The molecule has 0 spiro atoms. The fourth-order valence-corrected chi connectivity index (χ4v) is 2.52. The van der Waals surface area contributed by atoms with Gasteiger partial charge in [-0.25, -0.2) is 4.98 Å². The second-order valence-electron chi connectivity index (χ2n) is 4.93. The Balaban J connectivity index is 1.69. The van der Waals surface area contributed by atoms with Crippen LogP contribution in [0.15, 0.2) is 18.5 Å². The summed E-state index contributed by atoms with van der Waals surface area (Å²) in [6.07, 6.45) is 8.06. The zero-order valence-electron chi connectivity index (χ0n) is 11.2. The van der Waals surface area contributed by atoms with Crippen LogP contribution in [-0.4, -0.2) is 26.8 Å². The van der Waals surface area contributed by atoms with Gasteiger partial charge in [0.2, 0.25) is 5.88 Å². The summed E-state index contributed by atoms with van der Waals surface area (Å²) < 4.78 is 28.3. The number of hydrogen-bond donors (Lipinski definition) is 2. The van der Waals surface area contributed by atoms with E-state index in [1.54, 1.807) is 12.4 Å². The van der Waals surface area contributed by atoms with Gasteiger partial charge in [0, 0.05) is 18.2 Å². The fraction of sp³-hybridized carbons (Fsp3) is 0.462. The molecule has 1 saturated carbocycles. The molecule has 1 aliphatic rings. The van der Waals surface area contributed by atoms with Crippen LogP contribution in [0.1, 0.15) is 37.3 Å². The lowest BCUT2D eigenvalue weighted by atomic mass is 10.1. The maximum atomic E-state index is 12.1. The first-order chi connectivity index (χ1) is 10.2. The van der Waals surface area contributed by atoms with Crippen molar-refractivity contribution in [1.82, 2.24) is 20.2 Å². The number of rotatable bonds is 5. The van der Waals surface area contributed by atoms with Crippen molar-refractivity contribution in [3.8, 4) is 5.88 Å². The monoisotopic (exact) mass is 295 g/mol. The Morgan fingerprint density at radius 3 is 2.86 bits per heavy atom. The highest BCUT2D eigenvalue weighted by Crippen LogP contribution is 2.33. The van der Waals surface area contributed by atoms with Crippen LogP contribution in [0, 0.1) is 0 Å². The van der Waals surface area contributed by atoms with Gasteiger partial charge in [0.25, 0.3) is 0 Å². The summed E-state index contributed by atoms with van der Waals surface area (Å²) in [5, 5.41) is 9.12. The molecule has 3 rings (SSSR count). The molecule has 2 N–H and O–H groups in total. The van der Waals surface area contributed by atoms with Crippen molar-refractivity contribution >= 4 is 11.6 Å². The summed E-state index contributed by atoms with van der Waals surface area (Å²) in [5.74, 6) is 1.25. The normalized spacial score (nSPS) is 15.6. The predicted octanol–water partition coefficient (Wildman–Crippen LogP) is 3.20. The van der Waals surface area contributed by atoms with Crippen molar-refractivity contribution in [2.45, 2.75) is 38.2 Å². The van der Waals surface area contributed by atoms with E-state index in [1.165, 1.54) is 18.9 Å². The standard InChI is InChI=1S/C13H15F2N5O/c14-13(15)21-12-5-10(19-20-12)18-11-7-16-6-9(17-11)8-3-1-2-4-8/h5-8,13H,1-4H2,(H2,17,18,19,20). The number of ether oxygens (including phenoxy) is 1. The Morgan fingerprint density at radius 2 is 2.10 bits per heavy atom. The third-order valence-electron chi connectivity index (χ3n) is 3.45. The number of aromatic amines is 1. The van der Waals surface area contributed by atoms with Crippen LogP contribution >= 0.6 is 0 Å². The van der Waals surface area contributed by atoms with E-state index >= 15 is 0 Å². The Kier molecular flexibility index (Phi) is 3.94. The number of alkyl halides is 2. The average Bonchev–Trinajstić information content (AvgIpc) is 3.10. The van der Waals surface area contributed by atoms with Gasteiger partial charge >= 0.3 is 6.61 Å². The molecular weight excluding hydrogens is 280 g/mol. The highest BCUT2D eigenvalue weighted by atomic mass is 19.3. The molecular formula is C13H15F2N5O. The predicted molar refractivity (Wildman–Crippen MR) is 71.7 cm³/mol. The van der Waals surface area contributed by atoms with E-state index in [0.717, 1.165) is 18.5 Å². The third kappa shape index (κ3) is 3.45. The zero-order chi connectivity index (χ0) is 14.7. The molecule has 0 saturated heterocycles. The first-order valence-corrected chi connectivity index (χ1v) is 6.80. The van der Waals surface area contributed by atoms with Crippen LogP contribution in [0.3, 0.4) is 0 Å². The number of H-pyrrole nitrogens is 1. The van der Waals surface area contributed by atoms with Crippen molar-refractivity contribution in [3.63, 3.8) is 0 Å². The van der Waals surface area contributed by atoms with Crippen LogP contribution in [-0.2, 0) is 0 Å². The minimum atomic E-state index is -2.90. The molecule has 0 bridgehead atoms.